The maximum absolute atomic E-state index is 12.1. The molecule has 0 spiro atoms. The summed E-state index contributed by atoms with van der Waals surface area (Å²) in [6.07, 6.45) is 5.57. The van der Waals surface area contributed by atoms with Gasteiger partial charge in [-0.15, -0.1) is 0 Å². The van der Waals surface area contributed by atoms with Crippen molar-refractivity contribution in [3.8, 4) is 0 Å². The molecule has 1 aromatic heterocycles. The van der Waals surface area contributed by atoms with Gasteiger partial charge in [0.1, 0.15) is 0 Å². The summed E-state index contributed by atoms with van der Waals surface area (Å²) >= 11 is 6.64. The van der Waals surface area contributed by atoms with Crippen molar-refractivity contribution in [2.45, 2.75) is 42.9 Å². The molecule has 4 nitrogen and oxygen atoms in total. The fraction of sp³-hybridized carbons (Fsp3) is 0.700. The van der Waals surface area contributed by atoms with Crippen molar-refractivity contribution < 1.29 is 8.42 Å². The molecule has 2 unspecified atom stereocenters. The van der Waals surface area contributed by atoms with Crippen LogP contribution >= 0.6 is 22.9 Å². The van der Waals surface area contributed by atoms with Crippen molar-refractivity contribution in [2.24, 2.45) is 5.92 Å². The second-order valence-electron chi connectivity index (χ2n) is 4.42. The maximum atomic E-state index is 12.1. The quantitative estimate of drug-likeness (QED) is 0.932. The van der Waals surface area contributed by atoms with E-state index < -0.39 is 10.0 Å². The van der Waals surface area contributed by atoms with Crippen molar-refractivity contribution in [2.75, 3.05) is 0 Å². The van der Waals surface area contributed by atoms with E-state index in [-0.39, 0.29) is 14.7 Å². The molecule has 0 amide bonds. The molecule has 1 saturated carbocycles. The van der Waals surface area contributed by atoms with Crippen molar-refractivity contribution in [3.05, 3.63) is 10.7 Å². The van der Waals surface area contributed by atoms with Crippen molar-refractivity contribution >= 4 is 33.0 Å². The van der Waals surface area contributed by atoms with Gasteiger partial charge in [-0.3, -0.25) is 0 Å². The van der Waals surface area contributed by atoms with Crippen LogP contribution in [0.15, 0.2) is 10.4 Å². The first-order valence-electron chi connectivity index (χ1n) is 5.63. The minimum Gasteiger partial charge on any atom is -0.232 e. The molecule has 0 bridgehead atoms. The number of nitrogens with zero attached hydrogens (tertiary/aromatic N) is 1. The van der Waals surface area contributed by atoms with Gasteiger partial charge < -0.3 is 0 Å². The molecular formula is C10H15ClN2O2S2. The average molecular weight is 295 g/mol. The summed E-state index contributed by atoms with van der Waals surface area (Å²) in [5.41, 5.74) is 0. The molecule has 2 rings (SSSR count). The highest BCUT2D eigenvalue weighted by Gasteiger charge is 2.27. The highest BCUT2D eigenvalue weighted by atomic mass is 35.5. The van der Waals surface area contributed by atoms with Gasteiger partial charge in [0.25, 0.3) is 10.0 Å². The zero-order chi connectivity index (χ0) is 12.5. The lowest BCUT2D eigenvalue weighted by Gasteiger charge is -2.28. The maximum Gasteiger partial charge on any atom is 0.251 e. The molecule has 96 valence electrons. The number of sulfonamides is 1. The monoisotopic (exact) mass is 294 g/mol. The Kier molecular flexibility index (Phi) is 4.07. The van der Waals surface area contributed by atoms with E-state index in [2.05, 4.69) is 16.6 Å². The number of rotatable bonds is 3. The molecule has 1 aromatic rings. The first-order chi connectivity index (χ1) is 7.99. The predicted molar refractivity (Wildman–Crippen MR) is 68.9 cm³/mol. The van der Waals surface area contributed by atoms with Gasteiger partial charge in [-0.05, 0) is 18.8 Å². The predicted octanol–water partition coefficient (Wildman–Crippen LogP) is 2.65. The number of hydrogen-bond donors (Lipinski definition) is 1. The van der Waals surface area contributed by atoms with Gasteiger partial charge in [-0.1, -0.05) is 42.7 Å². The van der Waals surface area contributed by atoms with Crippen molar-refractivity contribution in [1.82, 2.24) is 9.71 Å². The summed E-state index contributed by atoms with van der Waals surface area (Å²) in [6.45, 7) is 2.09. The van der Waals surface area contributed by atoms with Crippen LogP contribution in [-0.2, 0) is 10.0 Å². The van der Waals surface area contributed by atoms with Crippen LogP contribution in [0.25, 0.3) is 0 Å². The number of aromatic nitrogens is 1. The Labute approximate surface area is 110 Å². The minimum absolute atomic E-state index is 0.0367. The van der Waals surface area contributed by atoms with Gasteiger partial charge in [0.2, 0.25) is 0 Å². The third-order valence-electron chi connectivity index (χ3n) is 3.14. The Balaban J connectivity index is 2.11. The van der Waals surface area contributed by atoms with E-state index in [0.29, 0.717) is 5.92 Å². The molecule has 1 aliphatic rings. The highest BCUT2D eigenvalue weighted by Crippen LogP contribution is 2.27. The lowest BCUT2D eigenvalue weighted by Crippen LogP contribution is -2.40. The first kappa shape index (κ1) is 13.3. The largest absolute Gasteiger partial charge is 0.251 e. The SMILES string of the molecule is CC1CCCCC1NS(=O)(=O)c1cnc(Cl)s1. The Morgan fingerprint density at radius 3 is 2.76 bits per heavy atom. The van der Waals surface area contributed by atoms with Crippen LogP contribution in [0.2, 0.25) is 4.47 Å². The minimum atomic E-state index is -3.45. The van der Waals surface area contributed by atoms with E-state index in [0.717, 1.165) is 30.6 Å². The van der Waals surface area contributed by atoms with Gasteiger partial charge in [0.05, 0.1) is 6.20 Å². The van der Waals surface area contributed by atoms with E-state index in [1.54, 1.807) is 0 Å². The topological polar surface area (TPSA) is 59.1 Å². The van der Waals surface area contributed by atoms with Gasteiger partial charge >= 0.3 is 0 Å². The number of hydrogen-bond acceptors (Lipinski definition) is 4. The third kappa shape index (κ3) is 3.19. The molecule has 1 fully saturated rings. The standard InChI is InChI=1S/C10H15ClN2O2S2/c1-7-4-2-3-5-8(7)13-17(14,15)9-6-12-10(11)16-9/h6-8,13H,2-5H2,1H3. The zero-order valence-electron chi connectivity index (χ0n) is 9.52. The van der Waals surface area contributed by atoms with Gasteiger partial charge in [-0.2, -0.15) is 0 Å². The first-order valence-corrected chi connectivity index (χ1v) is 8.30. The van der Waals surface area contributed by atoms with E-state index in [9.17, 15) is 8.42 Å². The summed E-state index contributed by atoms with van der Waals surface area (Å²) in [7, 11) is -3.45. The summed E-state index contributed by atoms with van der Waals surface area (Å²) in [5.74, 6) is 0.391. The van der Waals surface area contributed by atoms with Gasteiger partial charge in [0, 0.05) is 6.04 Å². The van der Waals surface area contributed by atoms with Crippen molar-refractivity contribution in [3.63, 3.8) is 0 Å². The van der Waals surface area contributed by atoms with Crippen molar-refractivity contribution in [1.29, 1.82) is 0 Å². The molecule has 0 aliphatic heterocycles. The van der Waals surface area contributed by atoms with Crippen LogP contribution in [0.3, 0.4) is 0 Å². The fourth-order valence-corrected chi connectivity index (χ4v) is 4.80. The number of thiazole rings is 1. The highest BCUT2D eigenvalue weighted by molar-refractivity contribution is 7.91. The molecule has 0 saturated heterocycles. The fourth-order valence-electron chi connectivity index (χ4n) is 2.11. The van der Waals surface area contributed by atoms with E-state index in [1.807, 2.05) is 0 Å². The molecule has 17 heavy (non-hydrogen) atoms. The Morgan fingerprint density at radius 2 is 2.18 bits per heavy atom. The molecule has 0 aromatic carbocycles. The van der Waals surface area contributed by atoms with Crippen LogP contribution in [-0.4, -0.2) is 19.4 Å². The third-order valence-corrected chi connectivity index (χ3v) is 6.21. The zero-order valence-corrected chi connectivity index (χ0v) is 11.9. The average Bonchev–Trinajstić information content (AvgIpc) is 2.69. The lowest BCUT2D eigenvalue weighted by atomic mass is 9.87. The molecule has 2 atom stereocenters. The van der Waals surface area contributed by atoms with E-state index in [4.69, 9.17) is 11.6 Å². The van der Waals surface area contributed by atoms with Crippen LogP contribution in [0.4, 0.5) is 0 Å². The van der Waals surface area contributed by atoms with Gasteiger partial charge in [-0.25, -0.2) is 18.1 Å². The number of halogens is 1. The van der Waals surface area contributed by atoms with Crippen LogP contribution in [0, 0.1) is 5.92 Å². The van der Waals surface area contributed by atoms with Crippen LogP contribution < -0.4 is 4.72 Å². The van der Waals surface area contributed by atoms with E-state index >= 15 is 0 Å². The molecule has 1 aliphatic carbocycles. The second kappa shape index (κ2) is 5.22. The molecule has 0 radical (unpaired) electrons. The molecule has 7 heteroatoms. The lowest BCUT2D eigenvalue weighted by molar-refractivity contribution is 0.310. The molecular weight excluding hydrogens is 280 g/mol. The Morgan fingerprint density at radius 1 is 1.47 bits per heavy atom. The molecule has 1 heterocycles. The second-order valence-corrected chi connectivity index (χ2v) is 7.98. The summed E-state index contributed by atoms with van der Waals surface area (Å²) in [5, 5.41) is 0. The summed E-state index contributed by atoms with van der Waals surface area (Å²) in [6, 6.07) is 0.0367. The Bertz CT molecular complexity index is 486. The number of nitrogens with one attached hydrogen (secondary N) is 1. The van der Waals surface area contributed by atoms with E-state index in [1.165, 1.54) is 12.6 Å². The normalized spacial score (nSPS) is 26.0. The summed E-state index contributed by atoms with van der Waals surface area (Å²) in [4.78, 5) is 3.76. The van der Waals surface area contributed by atoms with Crippen LogP contribution in [0.1, 0.15) is 32.6 Å². The summed E-state index contributed by atoms with van der Waals surface area (Å²) < 4.78 is 27.3. The van der Waals surface area contributed by atoms with Gasteiger partial charge in [0.15, 0.2) is 8.68 Å². The smallest absolute Gasteiger partial charge is 0.232 e. The van der Waals surface area contributed by atoms with Crippen LogP contribution in [0.5, 0.6) is 0 Å². The Hall–Kier alpha value is -0.170. The molecule has 1 N–H and O–H groups in total.